The van der Waals surface area contributed by atoms with Crippen molar-refractivity contribution in [2.45, 2.75) is 39.7 Å². The molecule has 0 radical (unpaired) electrons. The fourth-order valence-electron chi connectivity index (χ4n) is 1.26. The molecular weight excluding hydrogens is 182 g/mol. The van der Waals surface area contributed by atoms with E-state index < -0.39 is 6.09 Å². The standard InChI is InChI=1S/C10H21NO3/c1-8(5-6-12)7-11(9(13)14)10(2,3)4/h8,12H,5-7H2,1-4H3,(H,13,14). The summed E-state index contributed by atoms with van der Waals surface area (Å²) in [6.45, 7) is 8.13. The number of amides is 1. The number of aliphatic hydroxyl groups excluding tert-OH is 1. The lowest BCUT2D eigenvalue weighted by molar-refractivity contribution is 0.0867. The van der Waals surface area contributed by atoms with E-state index in [2.05, 4.69) is 0 Å². The van der Waals surface area contributed by atoms with Gasteiger partial charge in [-0.25, -0.2) is 4.79 Å². The molecular formula is C10H21NO3. The third kappa shape index (κ3) is 4.46. The summed E-state index contributed by atoms with van der Waals surface area (Å²) in [5, 5.41) is 17.7. The molecule has 0 aliphatic heterocycles. The molecule has 2 N–H and O–H groups in total. The first-order valence-electron chi connectivity index (χ1n) is 4.90. The monoisotopic (exact) mass is 203 g/mol. The van der Waals surface area contributed by atoms with Crippen LogP contribution in [0.4, 0.5) is 4.79 Å². The lowest BCUT2D eigenvalue weighted by Crippen LogP contribution is -2.47. The molecule has 0 aromatic rings. The second kappa shape index (κ2) is 5.20. The van der Waals surface area contributed by atoms with Gasteiger partial charge in [0.25, 0.3) is 0 Å². The molecule has 0 saturated carbocycles. The molecule has 0 rings (SSSR count). The summed E-state index contributed by atoms with van der Waals surface area (Å²) < 4.78 is 0. The van der Waals surface area contributed by atoms with Crippen LogP contribution in [0, 0.1) is 5.92 Å². The molecule has 0 aromatic carbocycles. The van der Waals surface area contributed by atoms with Crippen molar-refractivity contribution in [1.82, 2.24) is 4.90 Å². The van der Waals surface area contributed by atoms with Gasteiger partial charge in [-0.2, -0.15) is 0 Å². The zero-order valence-electron chi connectivity index (χ0n) is 9.45. The maximum Gasteiger partial charge on any atom is 0.407 e. The Kier molecular flexibility index (Phi) is 4.91. The molecule has 4 nitrogen and oxygen atoms in total. The van der Waals surface area contributed by atoms with Gasteiger partial charge < -0.3 is 15.1 Å². The van der Waals surface area contributed by atoms with Crippen LogP contribution in [0.2, 0.25) is 0 Å². The maximum atomic E-state index is 10.9. The minimum Gasteiger partial charge on any atom is -0.465 e. The molecule has 14 heavy (non-hydrogen) atoms. The number of carboxylic acid groups (broad SMARTS) is 1. The number of hydrogen-bond acceptors (Lipinski definition) is 2. The van der Waals surface area contributed by atoms with Gasteiger partial charge in [-0.3, -0.25) is 0 Å². The number of hydrogen-bond donors (Lipinski definition) is 2. The van der Waals surface area contributed by atoms with Gasteiger partial charge >= 0.3 is 6.09 Å². The van der Waals surface area contributed by atoms with Crippen LogP contribution in [-0.2, 0) is 0 Å². The van der Waals surface area contributed by atoms with Gasteiger partial charge in [-0.15, -0.1) is 0 Å². The zero-order chi connectivity index (χ0) is 11.4. The fraction of sp³-hybridized carbons (Fsp3) is 0.900. The smallest absolute Gasteiger partial charge is 0.407 e. The largest absolute Gasteiger partial charge is 0.465 e. The quantitative estimate of drug-likeness (QED) is 0.732. The van der Waals surface area contributed by atoms with Crippen LogP contribution < -0.4 is 0 Å². The molecule has 0 aromatic heterocycles. The van der Waals surface area contributed by atoms with Crippen molar-refractivity contribution in [2.24, 2.45) is 5.92 Å². The predicted molar refractivity (Wildman–Crippen MR) is 55.4 cm³/mol. The van der Waals surface area contributed by atoms with E-state index in [1.54, 1.807) is 0 Å². The first-order valence-corrected chi connectivity index (χ1v) is 4.90. The van der Waals surface area contributed by atoms with Crippen LogP contribution in [0.25, 0.3) is 0 Å². The van der Waals surface area contributed by atoms with Crippen molar-refractivity contribution in [1.29, 1.82) is 0 Å². The van der Waals surface area contributed by atoms with Gasteiger partial charge in [0.15, 0.2) is 0 Å². The van der Waals surface area contributed by atoms with Gasteiger partial charge in [-0.1, -0.05) is 6.92 Å². The van der Waals surface area contributed by atoms with E-state index in [1.165, 1.54) is 4.90 Å². The van der Waals surface area contributed by atoms with Crippen LogP contribution >= 0.6 is 0 Å². The molecule has 0 aliphatic carbocycles. The Morgan fingerprint density at radius 3 is 2.21 bits per heavy atom. The van der Waals surface area contributed by atoms with Gasteiger partial charge in [0.05, 0.1) is 0 Å². The van der Waals surface area contributed by atoms with Crippen molar-refractivity contribution in [3.63, 3.8) is 0 Å². The van der Waals surface area contributed by atoms with Crippen LogP contribution in [0.15, 0.2) is 0 Å². The Balaban J connectivity index is 4.32. The molecule has 0 saturated heterocycles. The third-order valence-corrected chi connectivity index (χ3v) is 2.16. The van der Waals surface area contributed by atoms with Crippen molar-refractivity contribution >= 4 is 6.09 Å². The van der Waals surface area contributed by atoms with Crippen LogP contribution in [-0.4, -0.2) is 39.9 Å². The number of carbonyl (C=O) groups is 1. The summed E-state index contributed by atoms with van der Waals surface area (Å²) in [4.78, 5) is 12.4. The topological polar surface area (TPSA) is 60.8 Å². The first kappa shape index (κ1) is 13.2. The second-order valence-electron chi connectivity index (χ2n) is 4.68. The van der Waals surface area contributed by atoms with E-state index in [0.717, 1.165) is 0 Å². The zero-order valence-corrected chi connectivity index (χ0v) is 9.45. The predicted octanol–water partition coefficient (Wildman–Crippen LogP) is 1.78. The molecule has 1 atom stereocenters. The summed E-state index contributed by atoms with van der Waals surface area (Å²) in [7, 11) is 0. The van der Waals surface area contributed by atoms with Crippen molar-refractivity contribution in [3.05, 3.63) is 0 Å². The second-order valence-corrected chi connectivity index (χ2v) is 4.68. The number of nitrogens with zero attached hydrogens (tertiary/aromatic N) is 1. The number of rotatable bonds is 4. The van der Waals surface area contributed by atoms with E-state index in [9.17, 15) is 4.79 Å². The minimum absolute atomic E-state index is 0.110. The first-order chi connectivity index (χ1) is 6.29. The Morgan fingerprint density at radius 1 is 1.43 bits per heavy atom. The Bertz CT molecular complexity index is 186. The Hall–Kier alpha value is -0.770. The molecule has 0 bridgehead atoms. The summed E-state index contributed by atoms with van der Waals surface area (Å²) >= 11 is 0. The third-order valence-electron chi connectivity index (χ3n) is 2.16. The molecule has 84 valence electrons. The highest BCUT2D eigenvalue weighted by atomic mass is 16.4. The van der Waals surface area contributed by atoms with Gasteiger partial charge in [0, 0.05) is 18.7 Å². The lowest BCUT2D eigenvalue weighted by Gasteiger charge is -2.35. The van der Waals surface area contributed by atoms with E-state index >= 15 is 0 Å². The van der Waals surface area contributed by atoms with Crippen LogP contribution in [0.5, 0.6) is 0 Å². The van der Waals surface area contributed by atoms with Crippen LogP contribution in [0.3, 0.4) is 0 Å². The highest BCUT2D eigenvalue weighted by Crippen LogP contribution is 2.16. The molecule has 1 unspecified atom stereocenters. The fourth-order valence-corrected chi connectivity index (χ4v) is 1.26. The normalized spacial score (nSPS) is 13.8. The van der Waals surface area contributed by atoms with Gasteiger partial charge in [0.1, 0.15) is 0 Å². The summed E-state index contributed by atoms with van der Waals surface area (Å²) in [6, 6.07) is 0. The van der Waals surface area contributed by atoms with Gasteiger partial charge in [0.2, 0.25) is 0 Å². The molecule has 0 aliphatic rings. The summed E-state index contributed by atoms with van der Waals surface area (Å²) in [5.41, 5.74) is -0.379. The molecule has 0 fully saturated rings. The molecule has 0 spiro atoms. The van der Waals surface area contributed by atoms with Crippen LogP contribution in [0.1, 0.15) is 34.1 Å². The lowest BCUT2D eigenvalue weighted by atomic mass is 10.0. The minimum atomic E-state index is -0.901. The van der Waals surface area contributed by atoms with Crippen molar-refractivity contribution in [2.75, 3.05) is 13.2 Å². The highest BCUT2D eigenvalue weighted by molar-refractivity contribution is 5.65. The average Bonchev–Trinajstić information content (AvgIpc) is 1.98. The summed E-state index contributed by atoms with van der Waals surface area (Å²) in [6.07, 6.45) is -0.262. The van der Waals surface area contributed by atoms with E-state index in [1.807, 2.05) is 27.7 Å². The molecule has 0 heterocycles. The molecule has 4 heteroatoms. The number of aliphatic hydroxyl groups is 1. The average molecular weight is 203 g/mol. The Morgan fingerprint density at radius 2 is 1.93 bits per heavy atom. The molecule has 1 amide bonds. The van der Waals surface area contributed by atoms with E-state index in [0.29, 0.717) is 13.0 Å². The maximum absolute atomic E-state index is 10.9. The summed E-state index contributed by atoms with van der Waals surface area (Å²) in [5.74, 6) is 0.190. The highest BCUT2D eigenvalue weighted by Gasteiger charge is 2.27. The van der Waals surface area contributed by atoms with Gasteiger partial charge in [-0.05, 0) is 33.1 Å². The van der Waals surface area contributed by atoms with Crippen molar-refractivity contribution in [3.8, 4) is 0 Å². The Labute approximate surface area is 85.5 Å². The SMILES string of the molecule is CC(CCO)CN(C(=O)O)C(C)(C)C. The van der Waals surface area contributed by atoms with Crippen molar-refractivity contribution < 1.29 is 15.0 Å². The van der Waals surface area contributed by atoms with E-state index in [4.69, 9.17) is 10.2 Å². The van der Waals surface area contributed by atoms with E-state index in [-0.39, 0.29) is 18.1 Å².